The molecule has 6 heteroatoms. The van der Waals surface area contributed by atoms with Crippen LogP contribution in [-0.2, 0) is 11.3 Å². The molecule has 1 aromatic carbocycles. The summed E-state index contributed by atoms with van der Waals surface area (Å²) in [4.78, 5) is 6.66. The van der Waals surface area contributed by atoms with Crippen molar-refractivity contribution in [1.82, 2.24) is 10.2 Å². The van der Waals surface area contributed by atoms with Crippen LogP contribution >= 0.6 is 0 Å². The number of nitrogens with one attached hydrogen (secondary N) is 1. The molecule has 0 aliphatic carbocycles. The van der Waals surface area contributed by atoms with Gasteiger partial charge in [-0.3, -0.25) is 4.99 Å². The molecule has 0 unspecified atom stereocenters. The number of fused-ring (bicyclic) bond motifs is 1. The van der Waals surface area contributed by atoms with Crippen LogP contribution in [0.3, 0.4) is 0 Å². The number of hydrogen-bond acceptors (Lipinski definition) is 4. The highest BCUT2D eigenvalue weighted by atomic mass is 16.5. The number of aliphatic hydroxyl groups is 1. The average Bonchev–Trinajstić information content (AvgIpc) is 3.01. The van der Waals surface area contributed by atoms with E-state index in [-0.39, 0.29) is 0 Å². The van der Waals surface area contributed by atoms with E-state index in [4.69, 9.17) is 9.15 Å². The van der Waals surface area contributed by atoms with Crippen molar-refractivity contribution in [2.45, 2.75) is 31.9 Å². The molecule has 2 aromatic rings. The normalized spacial score (nSPS) is 17.6. The van der Waals surface area contributed by atoms with Crippen molar-refractivity contribution in [3.8, 4) is 0 Å². The summed E-state index contributed by atoms with van der Waals surface area (Å²) in [7, 11) is 1.97. The maximum atomic E-state index is 10.6. The highest BCUT2D eigenvalue weighted by molar-refractivity contribution is 5.80. The molecule has 2 N–H and O–H groups in total. The number of furan rings is 1. The van der Waals surface area contributed by atoms with Crippen molar-refractivity contribution in [2.24, 2.45) is 4.99 Å². The van der Waals surface area contributed by atoms with E-state index in [0.717, 1.165) is 29.2 Å². The third kappa shape index (κ3) is 4.52. The number of guanidine groups is 1. The number of nitrogens with zero attached hydrogens (tertiary/aromatic N) is 2. The lowest BCUT2D eigenvalue weighted by Crippen LogP contribution is -2.43. The molecule has 136 valence electrons. The number of aliphatic imine (C=N–C) groups is 1. The lowest BCUT2D eigenvalue weighted by molar-refractivity contribution is -0.0566. The van der Waals surface area contributed by atoms with Crippen LogP contribution in [0.4, 0.5) is 0 Å². The van der Waals surface area contributed by atoms with Gasteiger partial charge in [0.2, 0.25) is 0 Å². The number of ether oxygens (including phenoxy) is 1. The van der Waals surface area contributed by atoms with Crippen LogP contribution in [-0.4, -0.2) is 54.9 Å². The molecule has 0 amide bonds. The summed E-state index contributed by atoms with van der Waals surface area (Å²) in [6, 6.07) is 10.0. The maximum absolute atomic E-state index is 10.6. The molecule has 0 radical (unpaired) electrons. The van der Waals surface area contributed by atoms with E-state index >= 15 is 0 Å². The first kappa shape index (κ1) is 17.8. The summed E-state index contributed by atoms with van der Waals surface area (Å²) >= 11 is 0. The molecule has 25 heavy (non-hydrogen) atoms. The minimum absolute atomic E-state index is 0.378. The van der Waals surface area contributed by atoms with E-state index in [1.165, 1.54) is 0 Å². The second-order valence-electron chi connectivity index (χ2n) is 6.61. The van der Waals surface area contributed by atoms with E-state index in [1.54, 1.807) is 0 Å². The molecular formula is C19H27N3O3. The number of benzene rings is 1. The molecule has 1 aliphatic rings. The second-order valence-corrected chi connectivity index (χ2v) is 6.61. The lowest BCUT2D eigenvalue weighted by atomic mass is 9.95. The topological polar surface area (TPSA) is 70.2 Å². The molecule has 3 rings (SSSR count). The number of para-hydroxylation sites is 1. The van der Waals surface area contributed by atoms with Gasteiger partial charge in [-0.2, -0.15) is 0 Å². The first-order chi connectivity index (χ1) is 12.1. The standard InChI is InChI=1S/C19H27N3O3/c1-3-20-18(21-14-19(23)8-10-24-11-9-19)22(2)13-16-12-15-6-4-5-7-17(15)25-16/h4-7,12,23H,3,8-11,13-14H2,1-2H3,(H,20,21). The molecule has 1 fully saturated rings. The minimum atomic E-state index is -0.765. The first-order valence-electron chi connectivity index (χ1n) is 8.87. The third-order valence-corrected chi connectivity index (χ3v) is 4.51. The highest BCUT2D eigenvalue weighted by Crippen LogP contribution is 2.21. The lowest BCUT2D eigenvalue weighted by Gasteiger charge is -2.31. The SMILES string of the molecule is CCNC(=NCC1(O)CCOCC1)N(C)Cc1cc2ccccc2o1. The van der Waals surface area contributed by atoms with Crippen LogP contribution in [0.2, 0.25) is 0 Å². The summed E-state index contributed by atoms with van der Waals surface area (Å²) in [5.41, 5.74) is 0.128. The van der Waals surface area contributed by atoms with Crippen molar-refractivity contribution in [3.05, 3.63) is 36.1 Å². The molecule has 1 saturated heterocycles. The fourth-order valence-electron chi connectivity index (χ4n) is 3.02. The van der Waals surface area contributed by atoms with Crippen molar-refractivity contribution in [3.63, 3.8) is 0 Å². The Kier molecular flexibility index (Phi) is 5.60. The zero-order chi connectivity index (χ0) is 17.7. The van der Waals surface area contributed by atoms with Gasteiger partial charge in [0.25, 0.3) is 0 Å². The van der Waals surface area contributed by atoms with Crippen LogP contribution in [0.1, 0.15) is 25.5 Å². The van der Waals surface area contributed by atoms with Gasteiger partial charge in [-0.1, -0.05) is 18.2 Å². The molecule has 1 aliphatic heterocycles. The Labute approximate surface area is 148 Å². The van der Waals surface area contributed by atoms with Gasteiger partial charge >= 0.3 is 0 Å². The Bertz CT molecular complexity index is 687. The smallest absolute Gasteiger partial charge is 0.194 e. The monoisotopic (exact) mass is 345 g/mol. The van der Waals surface area contributed by atoms with Gasteiger partial charge in [0.15, 0.2) is 5.96 Å². The van der Waals surface area contributed by atoms with Crippen molar-refractivity contribution in [1.29, 1.82) is 0 Å². The van der Waals surface area contributed by atoms with Crippen LogP contribution in [0, 0.1) is 0 Å². The third-order valence-electron chi connectivity index (χ3n) is 4.51. The Morgan fingerprint density at radius 1 is 1.32 bits per heavy atom. The first-order valence-corrected chi connectivity index (χ1v) is 8.87. The second kappa shape index (κ2) is 7.89. The van der Waals surface area contributed by atoms with Crippen molar-refractivity contribution >= 4 is 16.9 Å². The Balaban J connectivity index is 1.69. The maximum Gasteiger partial charge on any atom is 0.194 e. The van der Waals surface area contributed by atoms with Gasteiger partial charge in [-0.25, -0.2) is 0 Å². The van der Waals surface area contributed by atoms with Crippen molar-refractivity contribution < 1.29 is 14.3 Å². The van der Waals surface area contributed by atoms with Gasteiger partial charge in [-0.05, 0) is 19.1 Å². The van der Waals surface area contributed by atoms with Gasteiger partial charge < -0.3 is 24.5 Å². The van der Waals surface area contributed by atoms with E-state index in [9.17, 15) is 5.11 Å². The number of rotatable bonds is 5. The van der Waals surface area contributed by atoms with Crippen molar-refractivity contribution in [2.75, 3.05) is 33.4 Å². The van der Waals surface area contributed by atoms with E-state index < -0.39 is 5.60 Å². The predicted molar refractivity (Wildman–Crippen MR) is 98.7 cm³/mol. The molecule has 0 bridgehead atoms. The quantitative estimate of drug-likeness (QED) is 0.643. The van der Waals surface area contributed by atoms with Crippen LogP contribution in [0.5, 0.6) is 0 Å². The summed E-state index contributed by atoms with van der Waals surface area (Å²) in [5.74, 6) is 1.65. The Morgan fingerprint density at radius 3 is 2.80 bits per heavy atom. The van der Waals surface area contributed by atoms with Gasteiger partial charge in [0, 0.05) is 45.0 Å². The zero-order valence-corrected chi connectivity index (χ0v) is 15.0. The molecule has 0 saturated carbocycles. The van der Waals surface area contributed by atoms with E-state index in [0.29, 0.717) is 39.1 Å². The Morgan fingerprint density at radius 2 is 2.08 bits per heavy atom. The largest absolute Gasteiger partial charge is 0.459 e. The molecule has 2 heterocycles. The van der Waals surface area contributed by atoms with Gasteiger partial charge in [-0.15, -0.1) is 0 Å². The van der Waals surface area contributed by atoms with Gasteiger partial charge in [0.1, 0.15) is 11.3 Å². The fourth-order valence-corrected chi connectivity index (χ4v) is 3.02. The molecule has 0 atom stereocenters. The predicted octanol–water partition coefficient (Wildman–Crippen LogP) is 2.37. The Hall–Kier alpha value is -2.05. The minimum Gasteiger partial charge on any atom is -0.459 e. The van der Waals surface area contributed by atoms with Crippen LogP contribution in [0.25, 0.3) is 11.0 Å². The summed E-state index contributed by atoms with van der Waals surface area (Å²) < 4.78 is 11.2. The van der Waals surface area contributed by atoms with E-state index in [1.807, 2.05) is 43.1 Å². The fraction of sp³-hybridized carbons (Fsp3) is 0.526. The zero-order valence-electron chi connectivity index (χ0n) is 15.0. The molecule has 6 nitrogen and oxygen atoms in total. The summed E-state index contributed by atoms with van der Waals surface area (Å²) in [5, 5.41) is 15.0. The molecular weight excluding hydrogens is 318 g/mol. The highest BCUT2D eigenvalue weighted by Gasteiger charge is 2.29. The summed E-state index contributed by atoms with van der Waals surface area (Å²) in [6.07, 6.45) is 1.26. The van der Waals surface area contributed by atoms with Crippen LogP contribution < -0.4 is 5.32 Å². The average molecular weight is 345 g/mol. The number of hydrogen-bond donors (Lipinski definition) is 2. The summed E-state index contributed by atoms with van der Waals surface area (Å²) in [6.45, 7) is 4.98. The van der Waals surface area contributed by atoms with E-state index in [2.05, 4.69) is 16.4 Å². The molecule has 1 aromatic heterocycles. The van der Waals surface area contributed by atoms with Crippen LogP contribution in [0.15, 0.2) is 39.7 Å². The van der Waals surface area contributed by atoms with Gasteiger partial charge in [0.05, 0.1) is 18.7 Å². The molecule has 0 spiro atoms.